The van der Waals surface area contributed by atoms with E-state index >= 15 is 0 Å². The first-order chi connectivity index (χ1) is 6.84. The van der Waals surface area contributed by atoms with Gasteiger partial charge in [0.2, 0.25) is 0 Å². The van der Waals surface area contributed by atoms with Gasteiger partial charge >= 0.3 is 0 Å². The maximum atomic E-state index is 4.51. The highest BCUT2D eigenvalue weighted by Crippen LogP contribution is 2.38. The number of benzene rings is 1. The van der Waals surface area contributed by atoms with Crippen LogP contribution in [0.2, 0.25) is 0 Å². The van der Waals surface area contributed by atoms with Crippen molar-refractivity contribution in [1.82, 2.24) is 4.98 Å². The molecule has 1 N–H and O–H groups in total. The highest BCUT2D eigenvalue weighted by molar-refractivity contribution is 7.15. The van der Waals surface area contributed by atoms with E-state index in [1.165, 1.54) is 21.8 Å². The number of aromatic nitrogens is 1. The summed E-state index contributed by atoms with van der Waals surface area (Å²) in [5.41, 5.74) is 3.70. The maximum absolute atomic E-state index is 4.51. The SMILES string of the molecule is Cc1nc2c(s1)-c1ccccc1NC2. The summed E-state index contributed by atoms with van der Waals surface area (Å²) in [4.78, 5) is 5.84. The third-order valence-electron chi connectivity index (χ3n) is 2.42. The summed E-state index contributed by atoms with van der Waals surface area (Å²) in [6, 6.07) is 8.40. The average Bonchev–Trinajstić information content (AvgIpc) is 2.59. The Kier molecular flexibility index (Phi) is 1.61. The smallest absolute Gasteiger partial charge is 0.0904 e. The van der Waals surface area contributed by atoms with Crippen molar-refractivity contribution in [2.75, 3.05) is 5.32 Å². The van der Waals surface area contributed by atoms with Crippen LogP contribution in [0.1, 0.15) is 10.7 Å². The van der Waals surface area contributed by atoms with Crippen LogP contribution >= 0.6 is 11.3 Å². The van der Waals surface area contributed by atoms with Gasteiger partial charge in [-0.15, -0.1) is 11.3 Å². The molecule has 0 fully saturated rings. The Morgan fingerprint density at radius 2 is 2.21 bits per heavy atom. The predicted molar refractivity (Wildman–Crippen MR) is 59.6 cm³/mol. The molecule has 2 nitrogen and oxygen atoms in total. The van der Waals surface area contributed by atoms with Gasteiger partial charge in [0.25, 0.3) is 0 Å². The number of anilines is 1. The van der Waals surface area contributed by atoms with Crippen LogP contribution in [0.5, 0.6) is 0 Å². The van der Waals surface area contributed by atoms with Crippen LogP contribution < -0.4 is 5.32 Å². The van der Waals surface area contributed by atoms with Crippen molar-refractivity contribution in [1.29, 1.82) is 0 Å². The fourth-order valence-corrected chi connectivity index (χ4v) is 2.79. The van der Waals surface area contributed by atoms with Crippen molar-refractivity contribution in [3.8, 4) is 10.4 Å². The number of nitrogens with zero attached hydrogens (tertiary/aromatic N) is 1. The van der Waals surface area contributed by atoms with Crippen molar-refractivity contribution in [3.63, 3.8) is 0 Å². The minimum atomic E-state index is 0.858. The molecular formula is C11H10N2S. The zero-order valence-electron chi connectivity index (χ0n) is 7.87. The van der Waals surface area contributed by atoms with Gasteiger partial charge in [-0.2, -0.15) is 0 Å². The molecule has 0 aliphatic carbocycles. The lowest BCUT2D eigenvalue weighted by molar-refractivity contribution is 1.04. The van der Waals surface area contributed by atoms with Crippen LogP contribution in [0.4, 0.5) is 5.69 Å². The molecular weight excluding hydrogens is 192 g/mol. The Hall–Kier alpha value is -1.35. The summed E-state index contributed by atoms with van der Waals surface area (Å²) in [5.74, 6) is 0. The quantitative estimate of drug-likeness (QED) is 0.710. The minimum absolute atomic E-state index is 0.858. The topological polar surface area (TPSA) is 24.9 Å². The van der Waals surface area contributed by atoms with Gasteiger partial charge in [-0.05, 0) is 13.0 Å². The van der Waals surface area contributed by atoms with Crippen LogP contribution in [0.25, 0.3) is 10.4 Å². The number of nitrogens with one attached hydrogen (secondary N) is 1. The second-order valence-electron chi connectivity index (χ2n) is 3.41. The van der Waals surface area contributed by atoms with E-state index in [9.17, 15) is 0 Å². The summed E-state index contributed by atoms with van der Waals surface area (Å²) in [7, 11) is 0. The first kappa shape index (κ1) is 8.00. The standard InChI is InChI=1S/C11H10N2S/c1-7-13-10-6-12-9-5-3-2-4-8(9)11(10)14-7/h2-5,12H,6H2,1H3. The molecule has 70 valence electrons. The molecule has 1 aromatic carbocycles. The molecule has 0 saturated heterocycles. The molecule has 0 spiro atoms. The van der Waals surface area contributed by atoms with E-state index in [0.717, 1.165) is 11.6 Å². The van der Waals surface area contributed by atoms with Gasteiger partial charge in [-0.1, -0.05) is 18.2 Å². The first-order valence-electron chi connectivity index (χ1n) is 4.64. The molecule has 0 radical (unpaired) electrons. The maximum Gasteiger partial charge on any atom is 0.0904 e. The third kappa shape index (κ3) is 1.06. The van der Waals surface area contributed by atoms with Crippen molar-refractivity contribution >= 4 is 17.0 Å². The molecule has 0 atom stereocenters. The van der Waals surface area contributed by atoms with Crippen molar-refractivity contribution in [3.05, 3.63) is 35.0 Å². The Bertz CT molecular complexity index is 488. The zero-order valence-corrected chi connectivity index (χ0v) is 8.69. The number of rotatable bonds is 0. The van der Waals surface area contributed by atoms with Gasteiger partial charge in [-0.3, -0.25) is 0 Å². The lowest BCUT2D eigenvalue weighted by Crippen LogP contribution is -2.07. The Balaban J connectivity index is 2.28. The number of fused-ring (bicyclic) bond motifs is 3. The summed E-state index contributed by atoms with van der Waals surface area (Å²) in [6.45, 7) is 2.92. The molecule has 1 aromatic heterocycles. The largest absolute Gasteiger partial charge is 0.379 e. The molecule has 0 amide bonds. The highest BCUT2D eigenvalue weighted by Gasteiger charge is 2.18. The Morgan fingerprint density at radius 3 is 3.14 bits per heavy atom. The number of para-hydroxylation sites is 1. The highest BCUT2D eigenvalue weighted by atomic mass is 32.1. The lowest BCUT2D eigenvalue weighted by atomic mass is 10.1. The van der Waals surface area contributed by atoms with Gasteiger partial charge in [0.15, 0.2) is 0 Å². The molecule has 2 heterocycles. The van der Waals surface area contributed by atoms with E-state index in [1.54, 1.807) is 11.3 Å². The van der Waals surface area contributed by atoms with Gasteiger partial charge in [-0.25, -0.2) is 4.98 Å². The monoisotopic (exact) mass is 202 g/mol. The van der Waals surface area contributed by atoms with E-state index in [1.807, 2.05) is 0 Å². The Labute approximate surface area is 86.6 Å². The second-order valence-corrected chi connectivity index (χ2v) is 4.61. The van der Waals surface area contributed by atoms with Crippen molar-refractivity contribution < 1.29 is 0 Å². The fraction of sp³-hybridized carbons (Fsp3) is 0.182. The number of hydrogen-bond donors (Lipinski definition) is 1. The average molecular weight is 202 g/mol. The molecule has 14 heavy (non-hydrogen) atoms. The molecule has 1 aliphatic heterocycles. The van der Waals surface area contributed by atoms with E-state index < -0.39 is 0 Å². The molecule has 3 rings (SSSR count). The second kappa shape index (κ2) is 2.82. The van der Waals surface area contributed by atoms with E-state index in [4.69, 9.17) is 0 Å². The summed E-state index contributed by atoms with van der Waals surface area (Å²) < 4.78 is 0. The minimum Gasteiger partial charge on any atom is -0.379 e. The fourth-order valence-electron chi connectivity index (χ4n) is 1.81. The van der Waals surface area contributed by atoms with Gasteiger partial charge in [0.05, 0.1) is 22.1 Å². The van der Waals surface area contributed by atoms with E-state index in [2.05, 4.69) is 41.5 Å². The normalized spacial score (nSPS) is 12.9. The van der Waals surface area contributed by atoms with Crippen LogP contribution in [-0.2, 0) is 6.54 Å². The van der Waals surface area contributed by atoms with Crippen LogP contribution in [0.15, 0.2) is 24.3 Å². The molecule has 3 heteroatoms. The summed E-state index contributed by atoms with van der Waals surface area (Å²) in [6.07, 6.45) is 0. The predicted octanol–water partition coefficient (Wildman–Crippen LogP) is 3.04. The van der Waals surface area contributed by atoms with Crippen LogP contribution in [0, 0.1) is 6.92 Å². The van der Waals surface area contributed by atoms with E-state index in [-0.39, 0.29) is 0 Å². The summed E-state index contributed by atoms with van der Waals surface area (Å²) >= 11 is 1.78. The van der Waals surface area contributed by atoms with Crippen molar-refractivity contribution in [2.45, 2.75) is 13.5 Å². The zero-order chi connectivity index (χ0) is 9.54. The van der Waals surface area contributed by atoms with Crippen LogP contribution in [0.3, 0.4) is 0 Å². The number of thiazole rings is 1. The van der Waals surface area contributed by atoms with Crippen molar-refractivity contribution in [2.24, 2.45) is 0 Å². The first-order valence-corrected chi connectivity index (χ1v) is 5.46. The number of aryl methyl sites for hydroxylation is 1. The van der Waals surface area contributed by atoms with Gasteiger partial charge in [0.1, 0.15) is 0 Å². The van der Waals surface area contributed by atoms with Gasteiger partial charge in [0, 0.05) is 11.3 Å². The van der Waals surface area contributed by atoms with E-state index in [0.29, 0.717) is 0 Å². The third-order valence-corrected chi connectivity index (χ3v) is 3.47. The molecule has 1 aliphatic rings. The number of hydrogen-bond acceptors (Lipinski definition) is 3. The molecule has 0 saturated carbocycles. The summed E-state index contributed by atoms with van der Waals surface area (Å²) in [5, 5.41) is 4.52. The molecule has 0 unspecified atom stereocenters. The lowest BCUT2D eigenvalue weighted by Gasteiger charge is -2.16. The van der Waals surface area contributed by atoms with Crippen LogP contribution in [-0.4, -0.2) is 4.98 Å². The Morgan fingerprint density at radius 1 is 1.36 bits per heavy atom. The molecule has 2 aromatic rings. The molecule has 0 bridgehead atoms. The van der Waals surface area contributed by atoms with Gasteiger partial charge < -0.3 is 5.32 Å².